The highest BCUT2D eigenvalue weighted by molar-refractivity contribution is 5.80. The summed E-state index contributed by atoms with van der Waals surface area (Å²) in [6, 6.07) is 0.627. The lowest BCUT2D eigenvalue weighted by atomic mass is 10.0. The minimum atomic E-state index is 0.377. The van der Waals surface area contributed by atoms with Gasteiger partial charge in [-0.25, -0.2) is 0 Å². The maximum absolute atomic E-state index is 11.5. The normalized spacial score (nSPS) is 18.3. The molecule has 0 atom stereocenters. The van der Waals surface area contributed by atoms with Crippen LogP contribution in [0.3, 0.4) is 0 Å². The molecule has 1 aliphatic rings. The summed E-state index contributed by atoms with van der Waals surface area (Å²) >= 11 is 0. The second kappa shape index (κ2) is 6.96. The third-order valence-corrected chi connectivity index (χ3v) is 3.11. The topological polar surface area (TPSA) is 32.3 Å². The Balaban J connectivity index is 2.43. The van der Waals surface area contributed by atoms with Gasteiger partial charge in [0.15, 0.2) is 0 Å². The predicted molar refractivity (Wildman–Crippen MR) is 63.1 cm³/mol. The first-order valence-electron chi connectivity index (χ1n) is 6.24. The fourth-order valence-electron chi connectivity index (χ4n) is 2.19. The predicted octanol–water partition coefficient (Wildman–Crippen LogP) is 1.43. The monoisotopic (exact) mass is 212 g/mol. The van der Waals surface area contributed by atoms with E-state index in [1.807, 2.05) is 6.92 Å². The summed E-state index contributed by atoms with van der Waals surface area (Å²) in [5.74, 6) is 0.377. The van der Waals surface area contributed by atoms with E-state index in [1.165, 1.54) is 12.8 Å². The summed E-state index contributed by atoms with van der Waals surface area (Å²) < 4.78 is 0. The molecule has 0 unspecified atom stereocenters. The van der Waals surface area contributed by atoms with Gasteiger partial charge < -0.3 is 5.32 Å². The van der Waals surface area contributed by atoms with Crippen LogP contribution < -0.4 is 5.32 Å². The van der Waals surface area contributed by atoms with Crippen molar-refractivity contribution in [2.45, 2.75) is 45.6 Å². The van der Waals surface area contributed by atoms with Crippen molar-refractivity contribution in [2.24, 2.45) is 0 Å². The average Bonchev–Trinajstić information content (AvgIpc) is 2.29. The zero-order valence-electron chi connectivity index (χ0n) is 10.1. The summed E-state index contributed by atoms with van der Waals surface area (Å²) in [5, 5.41) is 3.37. The molecule has 0 saturated carbocycles. The lowest BCUT2D eigenvalue weighted by Gasteiger charge is -2.33. The van der Waals surface area contributed by atoms with Crippen molar-refractivity contribution in [2.75, 3.05) is 26.2 Å². The first-order chi connectivity index (χ1) is 7.27. The molecule has 0 bridgehead atoms. The lowest BCUT2D eigenvalue weighted by molar-refractivity contribution is -0.120. The number of nitrogens with one attached hydrogen (secondary N) is 1. The van der Waals surface area contributed by atoms with E-state index in [0.717, 1.165) is 26.1 Å². The molecule has 0 aromatic carbocycles. The third kappa shape index (κ3) is 4.31. The minimum Gasteiger partial charge on any atom is -0.317 e. The van der Waals surface area contributed by atoms with Gasteiger partial charge in [-0.15, -0.1) is 0 Å². The van der Waals surface area contributed by atoms with E-state index in [9.17, 15) is 4.79 Å². The molecule has 1 rings (SSSR count). The quantitative estimate of drug-likeness (QED) is 0.723. The van der Waals surface area contributed by atoms with Crippen molar-refractivity contribution >= 4 is 5.78 Å². The van der Waals surface area contributed by atoms with E-state index < -0.39 is 0 Å². The van der Waals surface area contributed by atoms with Crippen molar-refractivity contribution in [1.29, 1.82) is 0 Å². The average molecular weight is 212 g/mol. The van der Waals surface area contributed by atoms with E-state index >= 15 is 0 Å². The van der Waals surface area contributed by atoms with E-state index in [0.29, 0.717) is 24.8 Å². The maximum Gasteiger partial charge on any atom is 0.146 e. The van der Waals surface area contributed by atoms with Gasteiger partial charge >= 0.3 is 0 Å². The molecule has 0 aromatic rings. The molecule has 0 amide bonds. The van der Waals surface area contributed by atoms with Gasteiger partial charge in [-0.3, -0.25) is 9.69 Å². The molecule has 1 heterocycles. The van der Waals surface area contributed by atoms with Gasteiger partial charge in [-0.1, -0.05) is 13.8 Å². The molecular formula is C12H24N2O. The molecule has 0 radical (unpaired) electrons. The number of hydrogen-bond donors (Lipinski definition) is 1. The Morgan fingerprint density at radius 1 is 1.33 bits per heavy atom. The smallest absolute Gasteiger partial charge is 0.146 e. The fraction of sp³-hybridized carbons (Fsp3) is 0.917. The van der Waals surface area contributed by atoms with Crippen molar-refractivity contribution < 1.29 is 4.79 Å². The number of hydrogen-bond acceptors (Lipinski definition) is 3. The Labute approximate surface area is 93.2 Å². The fourth-order valence-corrected chi connectivity index (χ4v) is 2.19. The van der Waals surface area contributed by atoms with Gasteiger partial charge in [0.05, 0.1) is 6.54 Å². The number of Topliss-reactive ketones (excluding diaryl/α,β-unsaturated/α-hetero) is 1. The minimum absolute atomic E-state index is 0.377. The second-order valence-electron chi connectivity index (χ2n) is 4.34. The third-order valence-electron chi connectivity index (χ3n) is 3.11. The maximum atomic E-state index is 11.5. The summed E-state index contributed by atoms with van der Waals surface area (Å²) in [4.78, 5) is 13.9. The van der Waals surface area contributed by atoms with Gasteiger partial charge in [-0.05, 0) is 38.9 Å². The van der Waals surface area contributed by atoms with Crippen molar-refractivity contribution in [1.82, 2.24) is 10.2 Å². The van der Waals surface area contributed by atoms with E-state index in [-0.39, 0.29) is 0 Å². The van der Waals surface area contributed by atoms with Crippen LogP contribution >= 0.6 is 0 Å². The highest BCUT2D eigenvalue weighted by Gasteiger charge is 2.21. The molecule has 15 heavy (non-hydrogen) atoms. The van der Waals surface area contributed by atoms with Crippen molar-refractivity contribution in [3.05, 3.63) is 0 Å². The molecule has 3 nitrogen and oxygen atoms in total. The van der Waals surface area contributed by atoms with Gasteiger partial charge in [0.1, 0.15) is 5.78 Å². The summed E-state index contributed by atoms with van der Waals surface area (Å²) in [6.07, 6.45) is 4.19. The van der Waals surface area contributed by atoms with Crippen LogP contribution in [0, 0.1) is 0 Å². The number of rotatable bonds is 6. The molecule has 0 aliphatic carbocycles. The Kier molecular flexibility index (Phi) is 5.88. The molecule has 3 heteroatoms. The van der Waals surface area contributed by atoms with Gasteiger partial charge in [0.25, 0.3) is 0 Å². The molecule has 1 aliphatic heterocycles. The largest absolute Gasteiger partial charge is 0.317 e. The molecule has 0 aromatic heterocycles. The Hall–Kier alpha value is -0.410. The number of ketones is 1. The zero-order valence-corrected chi connectivity index (χ0v) is 10.1. The zero-order chi connectivity index (χ0) is 11.1. The van der Waals surface area contributed by atoms with Gasteiger partial charge in [0.2, 0.25) is 0 Å². The highest BCUT2D eigenvalue weighted by atomic mass is 16.1. The molecule has 0 spiro atoms. The van der Waals surface area contributed by atoms with Crippen LogP contribution in [0.2, 0.25) is 0 Å². The molecule has 88 valence electrons. The number of carbonyl (C=O) groups is 1. The van der Waals surface area contributed by atoms with Crippen molar-refractivity contribution in [3.63, 3.8) is 0 Å². The Morgan fingerprint density at radius 2 is 2.00 bits per heavy atom. The van der Waals surface area contributed by atoms with Gasteiger partial charge in [-0.2, -0.15) is 0 Å². The lowest BCUT2D eigenvalue weighted by Crippen LogP contribution is -2.45. The van der Waals surface area contributed by atoms with Crippen LogP contribution in [0.15, 0.2) is 0 Å². The molecular weight excluding hydrogens is 188 g/mol. The van der Waals surface area contributed by atoms with Gasteiger partial charge in [0, 0.05) is 12.5 Å². The Bertz CT molecular complexity index is 188. The number of piperidine rings is 1. The van der Waals surface area contributed by atoms with Crippen LogP contribution in [0.5, 0.6) is 0 Å². The molecule has 1 N–H and O–H groups in total. The van der Waals surface area contributed by atoms with Crippen LogP contribution in [0.4, 0.5) is 0 Å². The molecule has 1 fully saturated rings. The summed E-state index contributed by atoms with van der Waals surface area (Å²) in [5.41, 5.74) is 0. The standard InChI is InChI=1S/C12H24N2O/c1-3-9-14(10-12(15)4-2)11-5-7-13-8-6-11/h11,13H,3-10H2,1-2H3. The van der Waals surface area contributed by atoms with E-state index in [4.69, 9.17) is 0 Å². The van der Waals surface area contributed by atoms with Crippen LogP contribution in [-0.2, 0) is 4.79 Å². The first kappa shape index (κ1) is 12.7. The number of nitrogens with zero attached hydrogens (tertiary/aromatic N) is 1. The van der Waals surface area contributed by atoms with Crippen LogP contribution in [-0.4, -0.2) is 42.9 Å². The van der Waals surface area contributed by atoms with Crippen LogP contribution in [0.1, 0.15) is 39.5 Å². The summed E-state index contributed by atoms with van der Waals surface area (Å²) in [6.45, 7) is 8.07. The Morgan fingerprint density at radius 3 is 2.53 bits per heavy atom. The van der Waals surface area contributed by atoms with Crippen molar-refractivity contribution in [3.8, 4) is 0 Å². The van der Waals surface area contributed by atoms with E-state index in [1.54, 1.807) is 0 Å². The SMILES string of the molecule is CCCN(CC(=O)CC)C1CCNCC1. The summed E-state index contributed by atoms with van der Waals surface area (Å²) in [7, 11) is 0. The second-order valence-corrected chi connectivity index (χ2v) is 4.34. The van der Waals surface area contributed by atoms with Crippen LogP contribution in [0.25, 0.3) is 0 Å². The van der Waals surface area contributed by atoms with E-state index in [2.05, 4.69) is 17.1 Å². The first-order valence-corrected chi connectivity index (χ1v) is 6.24. The highest BCUT2D eigenvalue weighted by Crippen LogP contribution is 2.12. The number of carbonyl (C=O) groups excluding carboxylic acids is 1. The molecule has 1 saturated heterocycles.